The van der Waals surface area contributed by atoms with Gasteiger partial charge in [0.05, 0.1) is 66.7 Å². The molecule has 0 aliphatic heterocycles. The summed E-state index contributed by atoms with van der Waals surface area (Å²) in [5.41, 5.74) is 6.93. The van der Waals surface area contributed by atoms with Gasteiger partial charge in [-0.05, 0) is 62.3 Å². The molecule has 102 heavy (non-hydrogen) atoms. The second kappa shape index (κ2) is 44.2. The number of aliphatic hydroxyl groups is 2. The van der Waals surface area contributed by atoms with E-state index in [0.29, 0.717) is 20.8 Å². The van der Waals surface area contributed by atoms with Crippen molar-refractivity contribution in [2.75, 3.05) is 13.2 Å². The fourth-order valence-corrected chi connectivity index (χ4v) is 5.51. The summed E-state index contributed by atoms with van der Waals surface area (Å²) in [5.74, 6) is -24.3. The minimum atomic E-state index is -4.72. The van der Waals surface area contributed by atoms with E-state index < -0.39 is 217 Å². The monoisotopic (exact) mass is 1550 g/mol. The van der Waals surface area contributed by atoms with Gasteiger partial charge in [-0.2, -0.15) is 92.2 Å². The van der Waals surface area contributed by atoms with Crippen LogP contribution in [0.5, 0.6) is 0 Å². The van der Waals surface area contributed by atoms with Gasteiger partial charge in [0.2, 0.25) is 11.8 Å². The molecule has 0 aromatic heterocycles. The van der Waals surface area contributed by atoms with Gasteiger partial charge in [0.1, 0.15) is 47.0 Å². The highest BCUT2D eigenvalue weighted by molar-refractivity contribution is 5.83. The molecule has 16 N–H and O–H groups in total. The van der Waals surface area contributed by atoms with Gasteiger partial charge in [0.15, 0.2) is 0 Å². The maximum absolute atomic E-state index is 12.4. The lowest BCUT2D eigenvalue weighted by molar-refractivity contribution is -0.185. The Morgan fingerprint density at radius 1 is 0.304 bits per heavy atom. The highest BCUT2D eigenvalue weighted by atomic mass is 19.4. The molecule has 0 aliphatic rings. The number of hydrogen-bond donors (Lipinski definition) is 14. The van der Waals surface area contributed by atoms with Crippen LogP contribution in [-0.4, -0.2) is 211 Å². The zero-order valence-corrected chi connectivity index (χ0v) is 57.5. The van der Waals surface area contributed by atoms with Gasteiger partial charge in [0.25, 0.3) is 0 Å². The number of amides is 5. The van der Waals surface area contributed by atoms with Crippen LogP contribution in [0.25, 0.3) is 0 Å². The molecular weight excluding hydrogens is 1470 g/mol. The predicted molar refractivity (Wildman–Crippen MR) is 310 cm³/mol. The maximum Gasteiger partial charge on any atom is 0.408 e. The number of carbonyl (C=O) groups excluding carboxylic acids is 5. The number of carboxylic acids is 5. The Balaban J connectivity index is -0.000000208. The lowest BCUT2D eigenvalue weighted by Gasteiger charge is -2.27. The summed E-state index contributed by atoms with van der Waals surface area (Å²) in [4.78, 5) is 106. The molecule has 606 valence electrons. The first-order valence-electron chi connectivity index (χ1n) is 28.5. The van der Waals surface area contributed by atoms with Crippen LogP contribution in [0.3, 0.4) is 0 Å². The zero-order chi connectivity index (χ0) is 83.9. The van der Waals surface area contributed by atoms with E-state index in [0.717, 1.165) is 41.5 Å². The van der Waals surface area contributed by atoms with Crippen molar-refractivity contribution in [2.45, 2.75) is 227 Å². The lowest BCUT2D eigenvalue weighted by Crippen LogP contribution is -2.50. The average Bonchev–Trinajstić information content (AvgIpc) is 0.873. The molecule has 27 nitrogen and oxygen atoms in total. The number of ether oxygens (including phenoxy) is 3. The standard InChI is InChI=1S/C10H16F3NO4.2C10H18F3NO3.2C7H10F3NO3.2C5H8F3NO2/c1-5(10(11,12)13)6(7(15)16)14-8(17)18-9(2,3)4;2*1-6(10(11,12)13)7(5-15)14-8(16)17-9(2,3)4;2*1-3(7(8,9)10)5(6(13)14)11-4(2)12;2*1-2(5(6,7)8)3(9)4(10)11/h5-6H,1-4H3,(H,14,17)(H,15,16);2*6-7,15H,5H2,1-4H3,(H,14,16);2*3,5H,1-2H3,(H,11,12)(H,13,14);2*2-3H,9H2,1H3,(H,10,11)/t;6-,7+;6-,7-;3-,5+;3-,5-;2-,3+;2-,3-/m.011010/s1. The van der Waals surface area contributed by atoms with E-state index in [4.69, 9.17) is 61.4 Å². The number of halogens is 21. The number of carboxylic acid groups (broad SMARTS) is 5. The Morgan fingerprint density at radius 3 is 0.588 bits per heavy atom. The van der Waals surface area contributed by atoms with Crippen LogP contribution < -0.4 is 38.1 Å². The Morgan fingerprint density at radius 2 is 0.471 bits per heavy atom. The third kappa shape index (κ3) is 52.4. The Kier molecular flexibility index (Phi) is 46.7. The molecule has 0 saturated heterocycles. The third-order valence-electron chi connectivity index (χ3n) is 12.0. The van der Waals surface area contributed by atoms with Crippen molar-refractivity contribution in [1.82, 2.24) is 26.6 Å². The van der Waals surface area contributed by atoms with Crippen LogP contribution in [0.15, 0.2) is 0 Å². The average molecular weight is 1550 g/mol. The Hall–Kier alpha value is -7.53. The van der Waals surface area contributed by atoms with Crippen LogP contribution in [0.2, 0.25) is 0 Å². The van der Waals surface area contributed by atoms with E-state index in [1.54, 1.807) is 57.5 Å². The minimum Gasteiger partial charge on any atom is -0.480 e. The number of hydrogen-bond acceptors (Lipinski definition) is 17. The van der Waals surface area contributed by atoms with Crippen LogP contribution in [0.4, 0.5) is 107 Å². The van der Waals surface area contributed by atoms with Crippen LogP contribution in [-0.2, 0) is 47.8 Å². The number of aliphatic carboxylic acids is 5. The highest BCUT2D eigenvalue weighted by Gasteiger charge is 2.49. The predicted octanol–water partition coefficient (Wildman–Crippen LogP) is 9.05. The maximum atomic E-state index is 12.4. The Labute approximate surface area is 569 Å². The summed E-state index contributed by atoms with van der Waals surface area (Å²) in [7, 11) is 0. The van der Waals surface area contributed by atoms with Crippen LogP contribution >= 0.6 is 0 Å². The molecule has 0 aromatic carbocycles. The number of carbonyl (C=O) groups is 10. The van der Waals surface area contributed by atoms with Crippen molar-refractivity contribution >= 4 is 59.9 Å². The van der Waals surface area contributed by atoms with E-state index in [-0.39, 0.29) is 0 Å². The fraction of sp³-hybridized carbons (Fsp3) is 0.815. The van der Waals surface area contributed by atoms with Gasteiger partial charge in [-0.15, -0.1) is 0 Å². The largest absolute Gasteiger partial charge is 0.480 e. The normalized spacial score (nSPS) is 16.3. The molecular formula is C54H88F21N7O20. The lowest BCUT2D eigenvalue weighted by atomic mass is 10.0. The van der Waals surface area contributed by atoms with Gasteiger partial charge in [0, 0.05) is 13.8 Å². The highest BCUT2D eigenvalue weighted by Crippen LogP contribution is 2.34. The number of nitrogens with one attached hydrogen (secondary N) is 5. The molecule has 0 heterocycles. The van der Waals surface area contributed by atoms with Crippen LogP contribution in [0.1, 0.15) is 125 Å². The number of aliphatic hydroxyl groups excluding tert-OH is 2. The van der Waals surface area contributed by atoms with Crippen molar-refractivity contribution in [3.8, 4) is 0 Å². The minimum absolute atomic E-state index is 0.677. The number of alkyl carbamates (subject to hydrolysis) is 3. The van der Waals surface area contributed by atoms with Gasteiger partial charge in [-0.3, -0.25) is 19.2 Å². The molecule has 0 aliphatic carbocycles. The summed E-state index contributed by atoms with van der Waals surface area (Å²) in [6, 6.07) is -12.5. The molecule has 0 rings (SSSR count). The molecule has 5 amide bonds. The molecule has 48 heteroatoms. The van der Waals surface area contributed by atoms with Crippen molar-refractivity contribution in [1.29, 1.82) is 0 Å². The second-order valence-electron chi connectivity index (χ2n) is 24.4. The molecule has 0 saturated carbocycles. The van der Waals surface area contributed by atoms with E-state index in [9.17, 15) is 140 Å². The first kappa shape index (κ1) is 108. The quantitative estimate of drug-likeness (QED) is 0.0423. The molecule has 0 radical (unpaired) electrons. The SMILES string of the molecule is CC(=O)N[C@H](C(=O)O)[C@@H](C)C(F)(F)F.CC(=O)N[C@H](C(=O)O)[C@H](C)C(F)(F)F.CC(C(NC(=O)OC(C)(C)C)C(=O)O)C(F)(F)F.C[C@@H]([C@@H](CO)NC(=O)OC(C)(C)C)C(F)(F)F.C[C@@H]([C@H](N)C(=O)O)C(F)(F)F.C[C@H]([C@@H](CO)NC(=O)OC(C)(C)C)C(F)(F)F.C[C@H]([C@H](N)C(=O)O)C(F)(F)F. The van der Waals surface area contributed by atoms with Crippen molar-refractivity contribution < 1.29 is 190 Å². The first-order valence-corrected chi connectivity index (χ1v) is 28.5. The van der Waals surface area contributed by atoms with Crippen LogP contribution in [0, 0.1) is 41.4 Å². The van der Waals surface area contributed by atoms with Gasteiger partial charge in [-0.25, -0.2) is 28.8 Å². The Bertz CT molecular complexity index is 2450. The van der Waals surface area contributed by atoms with E-state index in [1.165, 1.54) is 20.8 Å². The van der Waals surface area contributed by atoms with E-state index in [2.05, 4.69) is 0 Å². The molecule has 0 fully saturated rings. The third-order valence-corrected chi connectivity index (χ3v) is 12.0. The van der Waals surface area contributed by atoms with Crippen molar-refractivity contribution in [3.63, 3.8) is 0 Å². The number of rotatable bonds is 19. The zero-order valence-electron chi connectivity index (χ0n) is 57.5. The van der Waals surface area contributed by atoms with Crippen molar-refractivity contribution in [2.24, 2.45) is 52.9 Å². The summed E-state index contributed by atoms with van der Waals surface area (Å²) in [5, 5.41) is 68.6. The molecule has 0 spiro atoms. The van der Waals surface area contributed by atoms with Gasteiger partial charge >= 0.3 is 91.4 Å². The molecule has 14 atom stereocenters. The first-order chi connectivity index (χ1) is 44.6. The summed E-state index contributed by atoms with van der Waals surface area (Å²) < 4.78 is 269. The molecule has 0 aromatic rings. The number of alkyl halides is 21. The fourth-order valence-electron chi connectivity index (χ4n) is 5.51. The molecule has 2 unspecified atom stereocenters. The van der Waals surface area contributed by atoms with Crippen molar-refractivity contribution in [3.05, 3.63) is 0 Å². The smallest absolute Gasteiger partial charge is 0.408 e. The molecule has 0 bridgehead atoms. The second-order valence-corrected chi connectivity index (χ2v) is 24.4. The van der Waals surface area contributed by atoms with Gasteiger partial charge < -0.3 is 88.0 Å². The topological polar surface area (TPSA) is 452 Å². The summed E-state index contributed by atoms with van der Waals surface area (Å²) >= 11 is 0. The number of nitrogens with two attached hydrogens (primary N) is 2. The van der Waals surface area contributed by atoms with E-state index in [1.807, 2.05) is 10.6 Å². The summed E-state index contributed by atoms with van der Waals surface area (Å²) in [6.45, 7) is 19.7. The van der Waals surface area contributed by atoms with E-state index >= 15 is 0 Å². The van der Waals surface area contributed by atoms with Gasteiger partial charge in [-0.1, -0.05) is 48.5 Å². The summed E-state index contributed by atoms with van der Waals surface area (Å²) in [6.07, 6.45) is -35.2.